The molecule has 0 fully saturated rings. The minimum Gasteiger partial charge on any atom is -0.383 e. The van der Waals surface area contributed by atoms with Gasteiger partial charge in [-0.15, -0.1) is 0 Å². The summed E-state index contributed by atoms with van der Waals surface area (Å²) in [6.45, 7) is 4.56. The van der Waals surface area contributed by atoms with Crippen LogP contribution >= 0.6 is 0 Å². The number of halogens is 1. The maximum atomic E-state index is 13.6. The summed E-state index contributed by atoms with van der Waals surface area (Å²) in [7, 11) is 0. The monoisotopic (exact) mass is 363 g/mol. The second kappa shape index (κ2) is 8.45. The fourth-order valence-electron chi connectivity index (χ4n) is 2.92. The van der Waals surface area contributed by atoms with Crippen molar-refractivity contribution in [1.29, 1.82) is 0 Å². The van der Waals surface area contributed by atoms with Crippen LogP contribution in [0.4, 0.5) is 15.8 Å². The van der Waals surface area contributed by atoms with E-state index in [1.165, 1.54) is 6.07 Å². The van der Waals surface area contributed by atoms with E-state index in [9.17, 15) is 9.18 Å². The number of pyridine rings is 1. The summed E-state index contributed by atoms with van der Waals surface area (Å²) in [6.07, 6.45) is 2.18. The second-order valence-electron chi connectivity index (χ2n) is 6.53. The van der Waals surface area contributed by atoms with Crippen molar-refractivity contribution in [3.8, 4) is 0 Å². The fraction of sp³-hybridized carbons (Fsp3) is 0.182. The lowest BCUT2D eigenvalue weighted by Gasteiger charge is -2.09. The highest BCUT2D eigenvalue weighted by Gasteiger charge is 2.08. The van der Waals surface area contributed by atoms with Crippen LogP contribution in [0.2, 0.25) is 0 Å². The Morgan fingerprint density at radius 3 is 2.41 bits per heavy atom. The number of aromatic nitrogens is 1. The van der Waals surface area contributed by atoms with E-state index >= 15 is 0 Å². The summed E-state index contributed by atoms with van der Waals surface area (Å²) < 4.78 is 13.6. The lowest BCUT2D eigenvalue weighted by atomic mass is 10.1. The molecule has 3 rings (SSSR count). The molecule has 0 aliphatic heterocycles. The first-order valence-electron chi connectivity index (χ1n) is 8.84. The zero-order valence-electron chi connectivity index (χ0n) is 15.4. The smallest absolute Gasteiger partial charge is 0.274 e. The Kier molecular flexibility index (Phi) is 5.81. The average molecular weight is 363 g/mol. The zero-order valence-corrected chi connectivity index (χ0v) is 15.4. The van der Waals surface area contributed by atoms with Crippen molar-refractivity contribution in [3.05, 3.63) is 89.0 Å². The fourth-order valence-corrected chi connectivity index (χ4v) is 2.92. The molecule has 0 aliphatic rings. The quantitative estimate of drug-likeness (QED) is 0.665. The Morgan fingerprint density at radius 2 is 1.74 bits per heavy atom. The number of carbonyl (C=O) groups excluding carboxylic acids is 1. The van der Waals surface area contributed by atoms with Gasteiger partial charge in [-0.3, -0.25) is 4.79 Å². The molecule has 0 radical (unpaired) electrons. The summed E-state index contributed by atoms with van der Waals surface area (Å²) in [6, 6.07) is 16.1. The van der Waals surface area contributed by atoms with Gasteiger partial charge in [0.1, 0.15) is 11.5 Å². The van der Waals surface area contributed by atoms with Gasteiger partial charge in [0.25, 0.3) is 5.91 Å². The molecule has 0 unspecified atom stereocenters. The van der Waals surface area contributed by atoms with Gasteiger partial charge in [-0.2, -0.15) is 0 Å². The molecule has 3 aromatic rings. The number of benzene rings is 2. The van der Waals surface area contributed by atoms with E-state index in [1.54, 1.807) is 30.5 Å². The van der Waals surface area contributed by atoms with Crippen molar-refractivity contribution in [3.63, 3.8) is 0 Å². The highest BCUT2D eigenvalue weighted by Crippen LogP contribution is 2.15. The Balaban J connectivity index is 1.56. The molecule has 1 amide bonds. The molecule has 0 aliphatic carbocycles. The first kappa shape index (κ1) is 18.6. The van der Waals surface area contributed by atoms with Crippen LogP contribution in [0, 0.1) is 19.7 Å². The van der Waals surface area contributed by atoms with Crippen molar-refractivity contribution in [2.45, 2.75) is 20.3 Å². The number of hydrogen-bond acceptors (Lipinski definition) is 3. The van der Waals surface area contributed by atoms with Crippen LogP contribution in [0.5, 0.6) is 0 Å². The van der Waals surface area contributed by atoms with Crippen LogP contribution in [0.15, 0.2) is 60.8 Å². The predicted octanol–water partition coefficient (Wildman–Crippen LogP) is 4.74. The van der Waals surface area contributed by atoms with Gasteiger partial charge in [0.2, 0.25) is 0 Å². The molecule has 138 valence electrons. The van der Waals surface area contributed by atoms with E-state index in [4.69, 9.17) is 0 Å². The Morgan fingerprint density at radius 1 is 1.00 bits per heavy atom. The number of amides is 1. The summed E-state index contributed by atoms with van der Waals surface area (Å²) in [5.74, 6) is -0.450. The topological polar surface area (TPSA) is 54.0 Å². The maximum Gasteiger partial charge on any atom is 0.274 e. The number of nitrogens with one attached hydrogen (secondary N) is 2. The van der Waals surface area contributed by atoms with Crippen LogP contribution in [-0.4, -0.2) is 17.4 Å². The van der Waals surface area contributed by atoms with E-state index in [0.29, 0.717) is 24.2 Å². The lowest BCUT2D eigenvalue weighted by molar-refractivity contribution is 0.102. The molecule has 1 aromatic heterocycles. The van der Waals surface area contributed by atoms with Gasteiger partial charge < -0.3 is 10.6 Å². The summed E-state index contributed by atoms with van der Waals surface area (Å²) in [5.41, 5.74) is 4.73. The van der Waals surface area contributed by atoms with Crippen LogP contribution in [0.25, 0.3) is 0 Å². The molecule has 0 saturated carbocycles. The molecular weight excluding hydrogens is 341 g/mol. The molecule has 0 bridgehead atoms. The normalized spacial score (nSPS) is 10.5. The highest BCUT2D eigenvalue weighted by atomic mass is 19.1. The number of carbonyl (C=O) groups is 1. The van der Waals surface area contributed by atoms with Gasteiger partial charge in [0.05, 0.1) is 11.9 Å². The zero-order chi connectivity index (χ0) is 19.2. The minimum absolute atomic E-state index is 0.198. The number of nitrogens with zero attached hydrogens (tertiary/aromatic N) is 1. The number of aryl methyl sites for hydroxylation is 2. The maximum absolute atomic E-state index is 13.6. The van der Waals surface area contributed by atoms with Crippen molar-refractivity contribution in [2.24, 2.45) is 0 Å². The molecule has 0 spiro atoms. The molecule has 0 saturated heterocycles. The third-order valence-corrected chi connectivity index (χ3v) is 4.16. The predicted molar refractivity (Wildman–Crippen MR) is 107 cm³/mol. The van der Waals surface area contributed by atoms with Gasteiger partial charge in [-0.1, -0.05) is 24.3 Å². The van der Waals surface area contributed by atoms with E-state index in [0.717, 1.165) is 22.5 Å². The van der Waals surface area contributed by atoms with Crippen molar-refractivity contribution in [2.75, 3.05) is 17.2 Å². The average Bonchev–Trinajstić information content (AvgIpc) is 2.63. The largest absolute Gasteiger partial charge is 0.383 e. The summed E-state index contributed by atoms with van der Waals surface area (Å²) >= 11 is 0. The second-order valence-corrected chi connectivity index (χ2v) is 6.53. The van der Waals surface area contributed by atoms with Crippen LogP contribution in [-0.2, 0) is 6.42 Å². The first-order valence-corrected chi connectivity index (χ1v) is 8.84. The van der Waals surface area contributed by atoms with Gasteiger partial charge in [0.15, 0.2) is 0 Å². The summed E-state index contributed by atoms with van der Waals surface area (Å²) in [4.78, 5) is 16.6. The molecule has 27 heavy (non-hydrogen) atoms. The van der Waals surface area contributed by atoms with Crippen LogP contribution in [0.3, 0.4) is 0 Å². The number of anilines is 2. The first-order chi connectivity index (χ1) is 13.0. The van der Waals surface area contributed by atoms with Gasteiger partial charge in [0, 0.05) is 12.2 Å². The molecule has 0 atom stereocenters. The molecule has 2 N–H and O–H groups in total. The van der Waals surface area contributed by atoms with Gasteiger partial charge >= 0.3 is 0 Å². The van der Waals surface area contributed by atoms with Gasteiger partial charge in [-0.25, -0.2) is 9.37 Å². The SMILES string of the molecule is Cc1cc(C)cc(NC(=O)c2ccc(NCCc3ccccc3F)cn2)c1. The highest BCUT2D eigenvalue weighted by molar-refractivity contribution is 6.03. The van der Waals surface area contributed by atoms with Crippen LogP contribution < -0.4 is 10.6 Å². The van der Waals surface area contributed by atoms with Crippen molar-refractivity contribution >= 4 is 17.3 Å². The molecule has 1 heterocycles. The van der Waals surface area contributed by atoms with Crippen LogP contribution in [0.1, 0.15) is 27.2 Å². The molecule has 4 nitrogen and oxygen atoms in total. The Hall–Kier alpha value is -3.21. The van der Waals surface area contributed by atoms with E-state index < -0.39 is 0 Å². The molecular formula is C22H22FN3O. The third-order valence-electron chi connectivity index (χ3n) is 4.16. The third kappa shape index (κ3) is 5.14. The van der Waals surface area contributed by atoms with Crippen molar-refractivity contribution < 1.29 is 9.18 Å². The van der Waals surface area contributed by atoms with E-state index in [1.807, 2.05) is 32.0 Å². The molecule has 5 heteroatoms. The lowest BCUT2D eigenvalue weighted by Crippen LogP contribution is -2.14. The number of rotatable bonds is 6. The minimum atomic E-state index is -0.252. The Bertz CT molecular complexity index is 918. The standard InChI is InChI=1S/C22H22FN3O/c1-15-11-16(2)13-19(12-15)26-22(27)21-8-7-18(14-25-21)24-10-9-17-5-3-4-6-20(17)23/h3-8,11-14,24H,9-10H2,1-2H3,(H,26,27). The summed E-state index contributed by atoms with van der Waals surface area (Å²) in [5, 5.41) is 6.06. The van der Waals surface area contributed by atoms with E-state index in [2.05, 4.69) is 21.7 Å². The van der Waals surface area contributed by atoms with E-state index in [-0.39, 0.29) is 11.7 Å². The number of hydrogen-bond donors (Lipinski definition) is 2. The van der Waals surface area contributed by atoms with Gasteiger partial charge in [-0.05, 0) is 67.3 Å². The molecule has 2 aromatic carbocycles. The van der Waals surface area contributed by atoms with Crippen molar-refractivity contribution in [1.82, 2.24) is 4.98 Å². The Labute approximate surface area is 158 Å².